The van der Waals surface area contributed by atoms with Crippen LogP contribution < -0.4 is 5.32 Å². The zero-order valence-electron chi connectivity index (χ0n) is 9.64. The summed E-state index contributed by atoms with van der Waals surface area (Å²) in [5.41, 5.74) is 1.93. The Labute approximate surface area is 99.6 Å². The molecule has 1 aromatic carbocycles. The molecule has 2 aromatic rings. The van der Waals surface area contributed by atoms with E-state index in [1.807, 2.05) is 30.3 Å². The van der Waals surface area contributed by atoms with Crippen molar-refractivity contribution in [3.63, 3.8) is 0 Å². The monoisotopic (exact) mass is 230 g/mol. The summed E-state index contributed by atoms with van der Waals surface area (Å²) in [6, 6.07) is 9.78. The zero-order chi connectivity index (χ0) is 12.1. The predicted molar refractivity (Wildman–Crippen MR) is 66.9 cm³/mol. The highest BCUT2D eigenvalue weighted by Gasteiger charge is 2.02. The number of fused-ring (bicyclic) bond motifs is 1. The molecule has 4 nitrogen and oxygen atoms in total. The van der Waals surface area contributed by atoms with Crippen molar-refractivity contribution in [2.45, 2.75) is 6.42 Å². The number of rotatable bonds is 4. The minimum atomic E-state index is -0.212. The van der Waals surface area contributed by atoms with E-state index in [4.69, 9.17) is 0 Å². The van der Waals surface area contributed by atoms with Gasteiger partial charge in [-0.3, -0.25) is 9.78 Å². The highest BCUT2D eigenvalue weighted by atomic mass is 16.5. The summed E-state index contributed by atoms with van der Waals surface area (Å²) in [7, 11) is 1.39. The molecule has 17 heavy (non-hydrogen) atoms. The molecule has 0 amide bonds. The van der Waals surface area contributed by atoms with Gasteiger partial charge in [-0.15, -0.1) is 0 Å². The Hall–Kier alpha value is -2.10. The molecule has 0 spiro atoms. The average Bonchev–Trinajstić information content (AvgIpc) is 2.39. The number of carbonyl (C=O) groups is 1. The number of nitrogens with one attached hydrogen (secondary N) is 1. The molecule has 4 heteroatoms. The largest absolute Gasteiger partial charge is 0.469 e. The number of para-hydroxylation sites is 1. The van der Waals surface area contributed by atoms with Crippen molar-refractivity contribution in [1.82, 2.24) is 4.98 Å². The molecule has 2 rings (SSSR count). The van der Waals surface area contributed by atoms with E-state index in [9.17, 15) is 4.79 Å². The Morgan fingerprint density at radius 1 is 1.35 bits per heavy atom. The average molecular weight is 230 g/mol. The van der Waals surface area contributed by atoms with Crippen molar-refractivity contribution in [3.8, 4) is 0 Å². The fourth-order valence-electron chi connectivity index (χ4n) is 1.65. The van der Waals surface area contributed by atoms with Gasteiger partial charge in [-0.25, -0.2) is 0 Å². The number of pyridine rings is 1. The van der Waals surface area contributed by atoms with E-state index in [1.165, 1.54) is 7.11 Å². The quantitative estimate of drug-likeness (QED) is 0.818. The summed E-state index contributed by atoms with van der Waals surface area (Å²) in [4.78, 5) is 15.3. The molecule has 0 radical (unpaired) electrons. The molecule has 0 fully saturated rings. The first-order valence-corrected chi connectivity index (χ1v) is 5.45. The van der Waals surface area contributed by atoms with Gasteiger partial charge in [-0.05, 0) is 12.1 Å². The van der Waals surface area contributed by atoms with Gasteiger partial charge in [0, 0.05) is 23.8 Å². The van der Waals surface area contributed by atoms with Crippen molar-refractivity contribution in [2.24, 2.45) is 0 Å². The number of hydrogen-bond acceptors (Lipinski definition) is 4. The highest BCUT2D eigenvalue weighted by molar-refractivity contribution is 5.90. The van der Waals surface area contributed by atoms with E-state index in [1.54, 1.807) is 6.20 Å². The predicted octanol–water partition coefficient (Wildman–Crippen LogP) is 2.21. The van der Waals surface area contributed by atoms with E-state index in [-0.39, 0.29) is 5.97 Å². The van der Waals surface area contributed by atoms with Crippen molar-refractivity contribution in [2.75, 3.05) is 19.0 Å². The van der Waals surface area contributed by atoms with E-state index in [0.29, 0.717) is 13.0 Å². The van der Waals surface area contributed by atoms with Crippen molar-refractivity contribution in [3.05, 3.63) is 36.5 Å². The van der Waals surface area contributed by atoms with Crippen molar-refractivity contribution in [1.29, 1.82) is 0 Å². The number of anilines is 1. The summed E-state index contributed by atoms with van der Waals surface area (Å²) < 4.78 is 4.58. The summed E-state index contributed by atoms with van der Waals surface area (Å²) in [5, 5.41) is 4.27. The molecule has 0 aliphatic rings. The number of benzene rings is 1. The molecular formula is C13H14N2O2. The van der Waals surface area contributed by atoms with Crippen LogP contribution >= 0.6 is 0 Å². The van der Waals surface area contributed by atoms with Gasteiger partial charge in [-0.1, -0.05) is 18.2 Å². The van der Waals surface area contributed by atoms with Crippen LogP contribution in [-0.2, 0) is 9.53 Å². The minimum Gasteiger partial charge on any atom is -0.469 e. The van der Waals surface area contributed by atoms with Crippen LogP contribution in [0.4, 0.5) is 5.69 Å². The van der Waals surface area contributed by atoms with E-state index in [0.717, 1.165) is 16.6 Å². The van der Waals surface area contributed by atoms with Crippen molar-refractivity contribution < 1.29 is 9.53 Å². The number of hydrogen-bond donors (Lipinski definition) is 1. The van der Waals surface area contributed by atoms with Gasteiger partial charge in [-0.2, -0.15) is 0 Å². The van der Waals surface area contributed by atoms with Crippen LogP contribution in [-0.4, -0.2) is 24.6 Å². The lowest BCUT2D eigenvalue weighted by Gasteiger charge is -2.08. The Morgan fingerprint density at radius 3 is 3.00 bits per heavy atom. The second-order valence-electron chi connectivity index (χ2n) is 3.63. The third-order valence-corrected chi connectivity index (χ3v) is 2.52. The number of ether oxygens (including phenoxy) is 1. The maximum absolute atomic E-state index is 11.0. The van der Waals surface area contributed by atoms with Crippen LogP contribution in [0.3, 0.4) is 0 Å². The number of methoxy groups -OCH3 is 1. The molecule has 0 aliphatic heterocycles. The smallest absolute Gasteiger partial charge is 0.307 e. The molecule has 1 heterocycles. The van der Waals surface area contributed by atoms with Gasteiger partial charge in [0.1, 0.15) is 0 Å². The Bertz CT molecular complexity index is 520. The van der Waals surface area contributed by atoms with Crippen molar-refractivity contribution >= 4 is 22.6 Å². The maximum Gasteiger partial charge on any atom is 0.307 e. The van der Waals surface area contributed by atoms with Gasteiger partial charge in [0.15, 0.2) is 0 Å². The molecule has 0 unspecified atom stereocenters. The molecule has 0 aliphatic carbocycles. The molecular weight excluding hydrogens is 216 g/mol. The summed E-state index contributed by atoms with van der Waals surface area (Å²) >= 11 is 0. The first kappa shape index (κ1) is 11.4. The van der Waals surface area contributed by atoms with E-state index >= 15 is 0 Å². The van der Waals surface area contributed by atoms with Crippen LogP contribution in [0.15, 0.2) is 36.5 Å². The third kappa shape index (κ3) is 2.72. The number of nitrogens with zero attached hydrogens (tertiary/aromatic N) is 1. The molecule has 0 atom stereocenters. The van der Waals surface area contributed by atoms with Gasteiger partial charge in [0.25, 0.3) is 0 Å². The van der Waals surface area contributed by atoms with E-state index < -0.39 is 0 Å². The van der Waals surface area contributed by atoms with Gasteiger partial charge < -0.3 is 10.1 Å². The molecule has 1 aromatic heterocycles. The zero-order valence-corrected chi connectivity index (χ0v) is 9.64. The van der Waals surface area contributed by atoms with Crippen LogP contribution in [0.25, 0.3) is 10.9 Å². The topological polar surface area (TPSA) is 51.2 Å². The molecule has 0 saturated carbocycles. The summed E-state index contributed by atoms with van der Waals surface area (Å²) in [5.74, 6) is -0.212. The van der Waals surface area contributed by atoms with Gasteiger partial charge >= 0.3 is 5.97 Å². The minimum absolute atomic E-state index is 0.212. The normalized spacial score (nSPS) is 10.2. The van der Waals surface area contributed by atoms with Crippen LogP contribution in [0.1, 0.15) is 6.42 Å². The molecule has 1 N–H and O–H groups in total. The first-order valence-electron chi connectivity index (χ1n) is 5.45. The first-order chi connectivity index (χ1) is 8.31. The van der Waals surface area contributed by atoms with Crippen LogP contribution in [0.2, 0.25) is 0 Å². The highest BCUT2D eigenvalue weighted by Crippen LogP contribution is 2.20. The fraction of sp³-hybridized carbons (Fsp3) is 0.231. The fourth-order valence-corrected chi connectivity index (χ4v) is 1.65. The third-order valence-electron chi connectivity index (χ3n) is 2.52. The van der Waals surface area contributed by atoms with Crippen LogP contribution in [0, 0.1) is 0 Å². The van der Waals surface area contributed by atoms with Crippen LogP contribution in [0.5, 0.6) is 0 Å². The van der Waals surface area contributed by atoms with E-state index in [2.05, 4.69) is 15.0 Å². The standard InChI is InChI=1S/C13H14N2O2/c1-17-13(16)7-9-15-12-6-8-14-11-5-3-2-4-10(11)12/h2-6,8H,7,9H2,1H3,(H,14,15). The second kappa shape index (κ2) is 5.30. The SMILES string of the molecule is COC(=O)CCNc1ccnc2ccccc12. The lowest BCUT2D eigenvalue weighted by Crippen LogP contribution is -2.09. The molecule has 88 valence electrons. The Morgan fingerprint density at radius 2 is 2.18 bits per heavy atom. The summed E-state index contributed by atoms with van der Waals surface area (Å²) in [6.07, 6.45) is 2.11. The number of esters is 1. The molecule has 0 bridgehead atoms. The Balaban J connectivity index is 2.11. The number of aromatic nitrogens is 1. The number of carbonyl (C=O) groups excluding carboxylic acids is 1. The second-order valence-corrected chi connectivity index (χ2v) is 3.63. The van der Waals surface area contributed by atoms with Gasteiger partial charge in [0.2, 0.25) is 0 Å². The maximum atomic E-state index is 11.0. The lowest BCUT2D eigenvalue weighted by molar-refractivity contribution is -0.140. The lowest BCUT2D eigenvalue weighted by atomic mass is 10.2. The Kier molecular flexibility index (Phi) is 3.55. The molecule has 0 saturated heterocycles. The van der Waals surface area contributed by atoms with Gasteiger partial charge in [0.05, 0.1) is 19.0 Å². The summed E-state index contributed by atoms with van der Waals surface area (Å²) in [6.45, 7) is 0.556.